The Morgan fingerprint density at radius 3 is 2.70 bits per heavy atom. The number of carbonyl (C=O) groups excluding carboxylic acids is 1. The molecule has 1 fully saturated rings. The highest BCUT2D eigenvalue weighted by molar-refractivity contribution is 7.89. The maximum absolute atomic E-state index is 13.0. The van der Waals surface area contributed by atoms with Gasteiger partial charge in [-0.25, -0.2) is 8.42 Å². The van der Waals surface area contributed by atoms with Gasteiger partial charge >= 0.3 is 0 Å². The molecule has 1 amide bonds. The van der Waals surface area contributed by atoms with Crippen LogP contribution in [0.4, 0.5) is 5.69 Å². The van der Waals surface area contributed by atoms with Crippen molar-refractivity contribution in [2.24, 2.45) is 5.92 Å². The molecule has 6 heteroatoms. The molecule has 1 saturated heterocycles. The van der Waals surface area contributed by atoms with E-state index in [0.29, 0.717) is 30.3 Å². The summed E-state index contributed by atoms with van der Waals surface area (Å²) in [5.74, 6) is 0.505. The summed E-state index contributed by atoms with van der Waals surface area (Å²) >= 11 is 0. The summed E-state index contributed by atoms with van der Waals surface area (Å²) in [5, 5.41) is 0. The van der Waals surface area contributed by atoms with Gasteiger partial charge in [-0.2, -0.15) is 4.31 Å². The summed E-state index contributed by atoms with van der Waals surface area (Å²) in [5.41, 5.74) is 2.88. The Morgan fingerprint density at radius 2 is 1.91 bits per heavy atom. The summed E-state index contributed by atoms with van der Waals surface area (Å²) in [4.78, 5) is 14.3. The van der Waals surface area contributed by atoms with Crippen LogP contribution in [-0.4, -0.2) is 38.3 Å². The molecule has 3 aliphatic rings. The number of carbonyl (C=O) groups is 1. The van der Waals surface area contributed by atoms with Crippen LogP contribution in [0.1, 0.15) is 37.3 Å². The van der Waals surface area contributed by atoms with Gasteiger partial charge in [-0.3, -0.25) is 4.79 Å². The summed E-state index contributed by atoms with van der Waals surface area (Å²) in [7, 11) is -3.46. The van der Waals surface area contributed by atoms with Gasteiger partial charge in [0.1, 0.15) is 0 Å². The molecule has 0 aromatic heterocycles. The third-order valence-corrected chi connectivity index (χ3v) is 7.08. The molecule has 23 heavy (non-hydrogen) atoms. The molecule has 0 N–H and O–H groups in total. The third-order valence-electron chi connectivity index (χ3n) is 5.24. The number of rotatable bonds is 2. The predicted molar refractivity (Wildman–Crippen MR) is 88.0 cm³/mol. The van der Waals surface area contributed by atoms with Crippen LogP contribution in [0, 0.1) is 5.92 Å². The summed E-state index contributed by atoms with van der Waals surface area (Å²) in [6, 6.07) is 3.54. The van der Waals surface area contributed by atoms with E-state index in [1.165, 1.54) is 0 Å². The number of benzene rings is 1. The Bertz CT molecular complexity index is 772. The highest BCUT2D eigenvalue weighted by Gasteiger charge is 2.35. The van der Waals surface area contributed by atoms with Crippen LogP contribution in [0.3, 0.4) is 0 Å². The van der Waals surface area contributed by atoms with E-state index in [-0.39, 0.29) is 5.91 Å². The number of hydrogen-bond acceptors (Lipinski definition) is 3. The average Bonchev–Trinajstić information content (AvgIpc) is 2.85. The minimum Gasteiger partial charge on any atom is -0.312 e. The number of amides is 1. The molecule has 5 nitrogen and oxygen atoms in total. The van der Waals surface area contributed by atoms with E-state index in [0.717, 1.165) is 49.0 Å². The molecule has 1 aromatic carbocycles. The first kappa shape index (κ1) is 15.1. The number of nitrogens with zero attached hydrogens (tertiary/aromatic N) is 2. The van der Waals surface area contributed by atoms with Gasteiger partial charge < -0.3 is 4.90 Å². The maximum Gasteiger partial charge on any atom is 0.243 e. The van der Waals surface area contributed by atoms with Gasteiger partial charge in [0.2, 0.25) is 15.9 Å². The lowest BCUT2D eigenvalue weighted by molar-refractivity contribution is -0.117. The van der Waals surface area contributed by atoms with Crippen molar-refractivity contribution in [3.8, 4) is 0 Å². The number of hydrogen-bond donors (Lipinski definition) is 0. The van der Waals surface area contributed by atoms with Crippen molar-refractivity contribution in [1.29, 1.82) is 0 Å². The Kier molecular flexibility index (Phi) is 3.50. The Labute approximate surface area is 137 Å². The van der Waals surface area contributed by atoms with Gasteiger partial charge in [0.25, 0.3) is 0 Å². The highest BCUT2D eigenvalue weighted by atomic mass is 32.2. The quantitative estimate of drug-likeness (QED) is 0.830. The van der Waals surface area contributed by atoms with Crippen LogP contribution < -0.4 is 4.90 Å². The van der Waals surface area contributed by atoms with Gasteiger partial charge in [-0.05, 0) is 54.9 Å². The van der Waals surface area contributed by atoms with E-state index < -0.39 is 10.0 Å². The lowest BCUT2D eigenvalue weighted by Gasteiger charge is -2.31. The minimum absolute atomic E-state index is 0.0992. The molecule has 0 unspecified atom stereocenters. The molecular formula is C17H22N2O3S. The zero-order chi connectivity index (χ0) is 16.2. The Morgan fingerprint density at radius 1 is 1.13 bits per heavy atom. The maximum atomic E-state index is 13.0. The molecule has 3 heterocycles. The van der Waals surface area contributed by atoms with Crippen molar-refractivity contribution in [2.45, 2.75) is 43.9 Å². The second-order valence-corrected chi connectivity index (χ2v) is 8.96. The first-order valence-electron chi connectivity index (χ1n) is 8.43. The average molecular weight is 334 g/mol. The molecule has 1 atom stereocenters. The van der Waals surface area contributed by atoms with Gasteiger partial charge in [0.05, 0.1) is 17.0 Å². The van der Waals surface area contributed by atoms with Gasteiger partial charge in [0.15, 0.2) is 0 Å². The van der Waals surface area contributed by atoms with Crippen LogP contribution >= 0.6 is 0 Å². The fourth-order valence-electron chi connectivity index (χ4n) is 4.11. The highest BCUT2D eigenvalue weighted by Crippen LogP contribution is 2.39. The number of piperidine rings is 1. The smallest absolute Gasteiger partial charge is 0.243 e. The molecule has 0 bridgehead atoms. The zero-order valence-corrected chi connectivity index (χ0v) is 14.2. The van der Waals surface area contributed by atoms with E-state index in [4.69, 9.17) is 0 Å². The lowest BCUT2D eigenvalue weighted by Crippen LogP contribution is -2.39. The SMILES string of the molecule is C[C@H]1CCCN(S(=O)(=O)c2cc3c4c(c2)CC(=O)N4CCC3)C1. The number of sulfonamides is 1. The summed E-state index contributed by atoms with van der Waals surface area (Å²) in [6.07, 6.45) is 4.10. The molecule has 0 radical (unpaired) electrons. The van der Waals surface area contributed by atoms with Gasteiger partial charge in [0, 0.05) is 19.6 Å². The third kappa shape index (κ3) is 2.39. The molecule has 0 aliphatic carbocycles. The molecule has 0 spiro atoms. The molecule has 3 aliphatic heterocycles. The predicted octanol–water partition coefficient (Wildman–Crippen LogP) is 1.94. The van der Waals surface area contributed by atoms with Crippen LogP contribution in [0.2, 0.25) is 0 Å². The lowest BCUT2D eigenvalue weighted by atomic mass is 10.0. The first-order chi connectivity index (χ1) is 11.0. The van der Waals surface area contributed by atoms with Gasteiger partial charge in [-0.1, -0.05) is 6.92 Å². The summed E-state index contributed by atoms with van der Waals surface area (Å²) < 4.78 is 27.6. The largest absolute Gasteiger partial charge is 0.312 e. The fourth-order valence-corrected chi connectivity index (χ4v) is 5.81. The van der Waals surface area contributed by atoms with Crippen LogP contribution in [-0.2, 0) is 27.7 Å². The van der Waals surface area contributed by atoms with E-state index in [1.807, 2.05) is 4.90 Å². The molecule has 4 rings (SSSR count). The van der Waals surface area contributed by atoms with E-state index in [1.54, 1.807) is 16.4 Å². The number of anilines is 1. The topological polar surface area (TPSA) is 57.7 Å². The minimum atomic E-state index is -3.46. The van der Waals surface area contributed by atoms with Crippen molar-refractivity contribution in [2.75, 3.05) is 24.5 Å². The van der Waals surface area contributed by atoms with Crippen LogP contribution in [0.5, 0.6) is 0 Å². The Balaban J connectivity index is 1.76. The second-order valence-electron chi connectivity index (χ2n) is 7.03. The van der Waals surface area contributed by atoms with Crippen LogP contribution in [0.15, 0.2) is 17.0 Å². The molecule has 124 valence electrons. The van der Waals surface area contributed by atoms with E-state index >= 15 is 0 Å². The van der Waals surface area contributed by atoms with Crippen molar-refractivity contribution in [3.63, 3.8) is 0 Å². The standard InChI is InChI=1S/C17H22N2O3S/c1-12-4-2-6-18(11-12)23(21,22)15-8-13-5-3-7-19-16(20)10-14(9-15)17(13)19/h8-9,12H,2-7,10-11H2,1H3/t12-/m0/s1. The first-order valence-corrected chi connectivity index (χ1v) is 9.87. The van der Waals surface area contributed by atoms with Gasteiger partial charge in [-0.15, -0.1) is 0 Å². The van der Waals surface area contributed by atoms with Crippen LogP contribution in [0.25, 0.3) is 0 Å². The van der Waals surface area contributed by atoms with E-state index in [9.17, 15) is 13.2 Å². The fraction of sp³-hybridized carbons (Fsp3) is 0.588. The van der Waals surface area contributed by atoms with Crippen molar-refractivity contribution in [1.82, 2.24) is 4.31 Å². The zero-order valence-electron chi connectivity index (χ0n) is 13.4. The molecule has 0 saturated carbocycles. The number of aryl methyl sites for hydroxylation is 1. The van der Waals surface area contributed by atoms with Crippen molar-refractivity contribution >= 4 is 21.6 Å². The summed E-state index contributed by atoms with van der Waals surface area (Å²) in [6.45, 7) is 4.06. The molecule has 1 aromatic rings. The normalized spacial score (nSPS) is 24.8. The monoisotopic (exact) mass is 334 g/mol. The molecular weight excluding hydrogens is 312 g/mol. The van der Waals surface area contributed by atoms with Crippen molar-refractivity contribution < 1.29 is 13.2 Å². The van der Waals surface area contributed by atoms with E-state index in [2.05, 4.69) is 6.92 Å². The Hall–Kier alpha value is -1.40. The second kappa shape index (κ2) is 5.31. The van der Waals surface area contributed by atoms with Crippen molar-refractivity contribution in [3.05, 3.63) is 23.3 Å².